The maximum Gasteiger partial charge on any atom is 0.246 e. The van der Waals surface area contributed by atoms with E-state index >= 15 is 0 Å². The molecule has 1 saturated heterocycles. The van der Waals surface area contributed by atoms with E-state index in [2.05, 4.69) is 20.8 Å². The van der Waals surface area contributed by atoms with Crippen LogP contribution >= 0.6 is 12.4 Å². The highest BCUT2D eigenvalue weighted by atomic mass is 35.5. The maximum absolute atomic E-state index is 11.6. The van der Waals surface area contributed by atoms with Crippen molar-refractivity contribution in [3.63, 3.8) is 0 Å². The Hall–Kier alpha value is -1.14. The highest BCUT2D eigenvalue weighted by Crippen LogP contribution is 2.10. The van der Waals surface area contributed by atoms with Crippen molar-refractivity contribution in [2.45, 2.75) is 45.2 Å². The van der Waals surface area contributed by atoms with Crippen molar-refractivity contribution in [3.05, 3.63) is 11.7 Å². The number of hydrogen-bond acceptors (Lipinski definition) is 5. The van der Waals surface area contributed by atoms with Gasteiger partial charge in [-0.25, -0.2) is 0 Å². The van der Waals surface area contributed by atoms with E-state index in [1.165, 1.54) is 12.8 Å². The molecule has 102 valence electrons. The van der Waals surface area contributed by atoms with E-state index in [9.17, 15) is 4.79 Å². The van der Waals surface area contributed by atoms with E-state index in [4.69, 9.17) is 4.52 Å². The summed E-state index contributed by atoms with van der Waals surface area (Å²) < 4.78 is 4.90. The number of nitrogens with one attached hydrogen (secondary N) is 2. The van der Waals surface area contributed by atoms with Gasteiger partial charge in [0.25, 0.3) is 0 Å². The molecule has 0 saturated carbocycles. The summed E-state index contributed by atoms with van der Waals surface area (Å²) in [7, 11) is 0. The van der Waals surface area contributed by atoms with Gasteiger partial charge in [0.2, 0.25) is 11.8 Å². The maximum atomic E-state index is 11.6. The Labute approximate surface area is 112 Å². The SMILES string of the molecule is Cc1noc(CNC(=O)CCC2CCCN2)n1.Cl. The number of aromatic nitrogens is 2. The lowest BCUT2D eigenvalue weighted by atomic mass is 10.1. The van der Waals surface area contributed by atoms with Gasteiger partial charge in [-0.3, -0.25) is 4.79 Å². The first kappa shape index (κ1) is 14.9. The van der Waals surface area contributed by atoms with Gasteiger partial charge in [0.15, 0.2) is 5.82 Å². The summed E-state index contributed by atoms with van der Waals surface area (Å²) in [6.45, 7) is 3.14. The molecule has 2 rings (SSSR count). The molecule has 1 aliphatic heterocycles. The number of halogens is 1. The van der Waals surface area contributed by atoms with Gasteiger partial charge < -0.3 is 15.2 Å². The van der Waals surface area contributed by atoms with Crippen LogP contribution in [0.15, 0.2) is 4.52 Å². The molecule has 0 radical (unpaired) electrons. The normalized spacial score (nSPS) is 18.4. The van der Waals surface area contributed by atoms with Crippen molar-refractivity contribution in [2.75, 3.05) is 6.54 Å². The van der Waals surface area contributed by atoms with Crippen molar-refractivity contribution in [2.24, 2.45) is 0 Å². The molecule has 2 heterocycles. The molecule has 1 atom stereocenters. The van der Waals surface area contributed by atoms with Crippen LogP contribution in [0.5, 0.6) is 0 Å². The number of nitrogens with zero attached hydrogens (tertiary/aromatic N) is 2. The van der Waals surface area contributed by atoms with E-state index in [1.54, 1.807) is 6.92 Å². The zero-order chi connectivity index (χ0) is 12.1. The Morgan fingerprint density at radius 1 is 1.61 bits per heavy atom. The summed E-state index contributed by atoms with van der Waals surface area (Å²) in [5.74, 6) is 1.08. The fourth-order valence-electron chi connectivity index (χ4n) is 1.98. The zero-order valence-corrected chi connectivity index (χ0v) is 11.3. The minimum absolute atomic E-state index is 0. The van der Waals surface area contributed by atoms with Crippen LogP contribution in [-0.4, -0.2) is 28.6 Å². The molecule has 1 aromatic rings. The molecule has 1 aromatic heterocycles. The van der Waals surface area contributed by atoms with Crippen LogP contribution in [0, 0.1) is 6.92 Å². The van der Waals surface area contributed by atoms with E-state index in [1.807, 2.05) is 0 Å². The van der Waals surface area contributed by atoms with Gasteiger partial charge >= 0.3 is 0 Å². The summed E-state index contributed by atoms with van der Waals surface area (Å²) in [6.07, 6.45) is 3.84. The monoisotopic (exact) mass is 274 g/mol. The Morgan fingerprint density at radius 3 is 3.06 bits per heavy atom. The Balaban J connectivity index is 0.00000162. The topological polar surface area (TPSA) is 80.0 Å². The van der Waals surface area contributed by atoms with Gasteiger partial charge in [0.05, 0.1) is 6.54 Å². The van der Waals surface area contributed by atoms with Gasteiger partial charge in [0, 0.05) is 12.5 Å². The third-order valence-corrected chi connectivity index (χ3v) is 2.89. The summed E-state index contributed by atoms with van der Waals surface area (Å²) >= 11 is 0. The van der Waals surface area contributed by atoms with Crippen molar-refractivity contribution in [3.8, 4) is 0 Å². The first-order valence-electron chi connectivity index (χ1n) is 6.03. The van der Waals surface area contributed by atoms with Gasteiger partial charge in [0.1, 0.15) is 0 Å². The highest BCUT2D eigenvalue weighted by molar-refractivity contribution is 5.85. The molecule has 1 fully saturated rings. The second kappa shape index (κ2) is 7.33. The summed E-state index contributed by atoms with van der Waals surface area (Å²) in [5, 5.41) is 9.80. The molecule has 0 aliphatic carbocycles. The van der Waals surface area contributed by atoms with Crippen LogP contribution in [0.4, 0.5) is 0 Å². The lowest BCUT2D eigenvalue weighted by Gasteiger charge is -2.08. The fraction of sp³-hybridized carbons (Fsp3) is 0.727. The smallest absolute Gasteiger partial charge is 0.246 e. The predicted molar refractivity (Wildman–Crippen MR) is 68.4 cm³/mol. The van der Waals surface area contributed by atoms with Crippen LogP contribution < -0.4 is 10.6 Å². The summed E-state index contributed by atoms with van der Waals surface area (Å²) in [4.78, 5) is 15.6. The standard InChI is InChI=1S/C11H18N4O2.ClH/c1-8-14-11(17-15-8)7-13-10(16)5-4-9-3-2-6-12-9;/h9,12H,2-7H2,1H3,(H,13,16);1H. The fourth-order valence-corrected chi connectivity index (χ4v) is 1.98. The van der Waals surface area contributed by atoms with E-state index in [-0.39, 0.29) is 18.3 Å². The molecule has 1 aliphatic rings. The second-order valence-electron chi connectivity index (χ2n) is 4.34. The molecule has 2 N–H and O–H groups in total. The van der Waals surface area contributed by atoms with Crippen LogP contribution in [0.25, 0.3) is 0 Å². The van der Waals surface area contributed by atoms with Gasteiger partial charge in [-0.05, 0) is 32.7 Å². The number of hydrogen-bond donors (Lipinski definition) is 2. The van der Waals surface area contributed by atoms with E-state index < -0.39 is 0 Å². The second-order valence-corrected chi connectivity index (χ2v) is 4.34. The largest absolute Gasteiger partial charge is 0.347 e. The van der Waals surface area contributed by atoms with Gasteiger partial charge in [-0.1, -0.05) is 5.16 Å². The van der Waals surface area contributed by atoms with Crippen LogP contribution in [0.2, 0.25) is 0 Å². The van der Waals surface area contributed by atoms with Crippen LogP contribution in [0.1, 0.15) is 37.4 Å². The predicted octanol–water partition coefficient (Wildman–Crippen LogP) is 0.948. The van der Waals surface area contributed by atoms with Crippen molar-refractivity contribution >= 4 is 18.3 Å². The minimum Gasteiger partial charge on any atom is -0.347 e. The Kier molecular flexibility index (Phi) is 6.07. The summed E-state index contributed by atoms with van der Waals surface area (Å²) in [6, 6.07) is 0.506. The van der Waals surface area contributed by atoms with Crippen LogP contribution in [0.3, 0.4) is 0 Å². The van der Waals surface area contributed by atoms with Gasteiger partial charge in [-0.2, -0.15) is 4.98 Å². The average Bonchev–Trinajstić information content (AvgIpc) is 2.95. The summed E-state index contributed by atoms with van der Waals surface area (Å²) in [5.41, 5.74) is 0. The third kappa shape index (κ3) is 4.62. The molecule has 0 bridgehead atoms. The molecule has 1 unspecified atom stereocenters. The molecule has 1 amide bonds. The molecular formula is C11H19ClN4O2. The van der Waals surface area contributed by atoms with Crippen molar-refractivity contribution in [1.29, 1.82) is 0 Å². The number of amides is 1. The third-order valence-electron chi connectivity index (χ3n) is 2.89. The van der Waals surface area contributed by atoms with E-state index in [0.29, 0.717) is 30.7 Å². The lowest BCUT2D eigenvalue weighted by molar-refractivity contribution is -0.121. The van der Waals surface area contributed by atoms with Crippen LogP contribution in [-0.2, 0) is 11.3 Å². The van der Waals surface area contributed by atoms with Crippen molar-refractivity contribution in [1.82, 2.24) is 20.8 Å². The molecular weight excluding hydrogens is 256 g/mol. The quantitative estimate of drug-likeness (QED) is 0.836. The van der Waals surface area contributed by atoms with E-state index in [0.717, 1.165) is 13.0 Å². The molecule has 6 nitrogen and oxygen atoms in total. The molecule has 0 aromatic carbocycles. The number of aryl methyl sites for hydroxylation is 1. The minimum atomic E-state index is 0. The van der Waals surface area contributed by atoms with Gasteiger partial charge in [-0.15, -0.1) is 12.4 Å². The molecule has 7 heteroatoms. The average molecular weight is 275 g/mol. The molecule has 18 heavy (non-hydrogen) atoms. The number of carbonyl (C=O) groups is 1. The number of rotatable bonds is 5. The Morgan fingerprint density at radius 2 is 2.44 bits per heavy atom. The Bertz CT molecular complexity index is 377. The first-order chi connectivity index (χ1) is 8.24. The number of carbonyl (C=O) groups excluding carboxylic acids is 1. The molecule has 0 spiro atoms. The first-order valence-corrected chi connectivity index (χ1v) is 6.03. The lowest BCUT2D eigenvalue weighted by Crippen LogP contribution is -2.27. The van der Waals surface area contributed by atoms with Crippen molar-refractivity contribution < 1.29 is 9.32 Å². The highest BCUT2D eigenvalue weighted by Gasteiger charge is 2.15. The zero-order valence-electron chi connectivity index (χ0n) is 10.4.